The van der Waals surface area contributed by atoms with E-state index in [1.807, 2.05) is 25.4 Å². The third-order valence-electron chi connectivity index (χ3n) is 3.23. The Morgan fingerprint density at radius 2 is 2.16 bits per heavy atom. The topological polar surface area (TPSA) is 41.3 Å². The largest absolute Gasteiger partial charge is 0.469 e. The molecule has 0 bridgehead atoms. The number of hydrogen-bond donors (Lipinski definition) is 1. The number of nitrogens with zero attached hydrogens (tertiary/aromatic N) is 2. The summed E-state index contributed by atoms with van der Waals surface area (Å²) in [5.74, 6) is 0.981. The molecule has 0 saturated carbocycles. The average Bonchev–Trinajstić information content (AvgIpc) is 2.82. The molecular formula is C15H21N3O. The predicted molar refractivity (Wildman–Crippen MR) is 77.2 cm³/mol. The molecule has 0 aromatic carbocycles. The van der Waals surface area contributed by atoms with Gasteiger partial charge < -0.3 is 14.6 Å². The Morgan fingerprint density at radius 1 is 1.32 bits per heavy atom. The summed E-state index contributed by atoms with van der Waals surface area (Å²) >= 11 is 0. The molecule has 0 fully saturated rings. The van der Waals surface area contributed by atoms with Gasteiger partial charge in [-0.25, -0.2) is 0 Å². The maximum atomic E-state index is 5.35. The van der Waals surface area contributed by atoms with E-state index in [1.165, 1.54) is 16.8 Å². The smallest absolute Gasteiger partial charge is 0.105 e. The van der Waals surface area contributed by atoms with E-state index in [2.05, 4.69) is 35.2 Å². The first-order chi connectivity index (χ1) is 9.22. The molecule has 0 unspecified atom stereocenters. The van der Waals surface area contributed by atoms with Crippen LogP contribution in [0.2, 0.25) is 0 Å². The van der Waals surface area contributed by atoms with E-state index >= 15 is 0 Å². The maximum absolute atomic E-state index is 5.35. The number of hydrogen-bond acceptors (Lipinski definition) is 4. The quantitative estimate of drug-likeness (QED) is 0.866. The number of aryl methyl sites for hydroxylation is 1. The SMILES string of the molecule is CCNCc1cnccc1N(C)Cc1ccoc1C. The second-order valence-electron chi connectivity index (χ2n) is 4.64. The van der Waals surface area contributed by atoms with E-state index in [-0.39, 0.29) is 0 Å². The van der Waals surface area contributed by atoms with Crippen LogP contribution in [0.5, 0.6) is 0 Å². The number of furan rings is 1. The summed E-state index contributed by atoms with van der Waals surface area (Å²) < 4.78 is 5.35. The Bertz CT molecular complexity index is 522. The zero-order valence-electron chi connectivity index (χ0n) is 11.8. The van der Waals surface area contributed by atoms with Crippen molar-refractivity contribution in [3.05, 3.63) is 47.7 Å². The highest BCUT2D eigenvalue weighted by Gasteiger charge is 2.10. The van der Waals surface area contributed by atoms with Crippen LogP contribution in [-0.4, -0.2) is 18.6 Å². The van der Waals surface area contributed by atoms with Gasteiger partial charge in [0, 0.05) is 49.3 Å². The lowest BCUT2D eigenvalue weighted by Crippen LogP contribution is -2.21. The van der Waals surface area contributed by atoms with Crippen LogP contribution >= 0.6 is 0 Å². The van der Waals surface area contributed by atoms with Crippen molar-refractivity contribution in [3.8, 4) is 0 Å². The lowest BCUT2D eigenvalue weighted by atomic mass is 10.2. The van der Waals surface area contributed by atoms with E-state index in [4.69, 9.17) is 4.42 Å². The van der Waals surface area contributed by atoms with Gasteiger partial charge in [0.25, 0.3) is 0 Å². The van der Waals surface area contributed by atoms with Gasteiger partial charge in [0.2, 0.25) is 0 Å². The molecule has 2 aromatic rings. The molecule has 19 heavy (non-hydrogen) atoms. The Morgan fingerprint density at radius 3 is 2.84 bits per heavy atom. The molecule has 0 spiro atoms. The van der Waals surface area contributed by atoms with Gasteiger partial charge in [-0.2, -0.15) is 0 Å². The van der Waals surface area contributed by atoms with E-state index < -0.39 is 0 Å². The van der Waals surface area contributed by atoms with E-state index in [0.717, 1.165) is 25.4 Å². The first-order valence-corrected chi connectivity index (χ1v) is 6.60. The molecule has 4 heteroatoms. The third-order valence-corrected chi connectivity index (χ3v) is 3.23. The molecule has 2 aromatic heterocycles. The van der Waals surface area contributed by atoms with Crippen molar-refractivity contribution in [2.75, 3.05) is 18.5 Å². The van der Waals surface area contributed by atoms with Gasteiger partial charge in [-0.15, -0.1) is 0 Å². The zero-order valence-corrected chi connectivity index (χ0v) is 11.8. The van der Waals surface area contributed by atoms with Gasteiger partial charge in [-0.1, -0.05) is 6.92 Å². The van der Waals surface area contributed by atoms with Crippen LogP contribution in [0.15, 0.2) is 35.2 Å². The molecular weight excluding hydrogens is 238 g/mol. The van der Waals surface area contributed by atoms with Crippen LogP contribution in [-0.2, 0) is 13.1 Å². The average molecular weight is 259 g/mol. The van der Waals surface area contributed by atoms with Gasteiger partial charge >= 0.3 is 0 Å². The van der Waals surface area contributed by atoms with Crippen molar-refractivity contribution in [2.24, 2.45) is 0 Å². The van der Waals surface area contributed by atoms with Crippen molar-refractivity contribution in [1.82, 2.24) is 10.3 Å². The first-order valence-electron chi connectivity index (χ1n) is 6.60. The summed E-state index contributed by atoms with van der Waals surface area (Å²) in [4.78, 5) is 6.44. The Labute approximate surface area is 114 Å². The van der Waals surface area contributed by atoms with Gasteiger partial charge in [-0.3, -0.25) is 4.98 Å². The van der Waals surface area contributed by atoms with E-state index in [1.54, 1.807) is 6.26 Å². The van der Waals surface area contributed by atoms with Gasteiger partial charge in [0.15, 0.2) is 0 Å². The van der Waals surface area contributed by atoms with Crippen molar-refractivity contribution < 1.29 is 4.42 Å². The fourth-order valence-corrected chi connectivity index (χ4v) is 2.10. The second kappa shape index (κ2) is 6.38. The van der Waals surface area contributed by atoms with Gasteiger partial charge in [0.05, 0.1) is 6.26 Å². The van der Waals surface area contributed by atoms with E-state index in [0.29, 0.717) is 0 Å². The highest BCUT2D eigenvalue weighted by Crippen LogP contribution is 2.21. The van der Waals surface area contributed by atoms with Crippen molar-refractivity contribution >= 4 is 5.69 Å². The number of pyridine rings is 1. The highest BCUT2D eigenvalue weighted by molar-refractivity contribution is 5.52. The minimum Gasteiger partial charge on any atom is -0.469 e. The minimum atomic E-state index is 0.839. The lowest BCUT2D eigenvalue weighted by Gasteiger charge is -2.22. The molecule has 4 nitrogen and oxygen atoms in total. The molecule has 2 rings (SSSR count). The summed E-state index contributed by atoms with van der Waals surface area (Å²) in [6.07, 6.45) is 5.50. The molecule has 0 aliphatic carbocycles. The molecule has 102 valence electrons. The molecule has 1 N–H and O–H groups in total. The van der Waals surface area contributed by atoms with Crippen molar-refractivity contribution in [2.45, 2.75) is 26.9 Å². The molecule has 0 radical (unpaired) electrons. The summed E-state index contributed by atoms with van der Waals surface area (Å²) in [7, 11) is 2.09. The summed E-state index contributed by atoms with van der Waals surface area (Å²) in [6.45, 7) is 6.74. The molecule has 0 aliphatic rings. The summed E-state index contributed by atoms with van der Waals surface area (Å²) in [5, 5.41) is 3.34. The van der Waals surface area contributed by atoms with Crippen LogP contribution in [0.1, 0.15) is 23.8 Å². The Balaban J connectivity index is 2.14. The fourth-order valence-electron chi connectivity index (χ4n) is 2.10. The zero-order chi connectivity index (χ0) is 13.7. The highest BCUT2D eigenvalue weighted by atomic mass is 16.3. The van der Waals surface area contributed by atoms with Crippen LogP contribution in [0.4, 0.5) is 5.69 Å². The lowest BCUT2D eigenvalue weighted by molar-refractivity contribution is 0.529. The molecule has 0 amide bonds. The van der Waals surface area contributed by atoms with Crippen molar-refractivity contribution in [1.29, 1.82) is 0 Å². The van der Waals surface area contributed by atoms with Crippen molar-refractivity contribution in [3.63, 3.8) is 0 Å². The first kappa shape index (κ1) is 13.6. The predicted octanol–water partition coefficient (Wildman–Crippen LogP) is 2.73. The van der Waals surface area contributed by atoms with Crippen LogP contribution in [0.25, 0.3) is 0 Å². The minimum absolute atomic E-state index is 0.839. The Hall–Kier alpha value is -1.81. The molecule has 2 heterocycles. The second-order valence-corrected chi connectivity index (χ2v) is 4.64. The maximum Gasteiger partial charge on any atom is 0.105 e. The number of aromatic nitrogens is 1. The summed E-state index contributed by atoms with van der Waals surface area (Å²) in [5.41, 5.74) is 3.64. The van der Waals surface area contributed by atoms with E-state index in [9.17, 15) is 0 Å². The molecule has 0 atom stereocenters. The number of anilines is 1. The van der Waals surface area contributed by atoms with Gasteiger partial charge in [0.1, 0.15) is 5.76 Å². The van der Waals surface area contributed by atoms with Crippen LogP contribution in [0.3, 0.4) is 0 Å². The van der Waals surface area contributed by atoms with Crippen LogP contribution in [0, 0.1) is 6.92 Å². The number of nitrogens with one attached hydrogen (secondary N) is 1. The standard InChI is InChI=1S/C15H21N3O/c1-4-16-9-14-10-17-7-5-15(14)18(3)11-13-6-8-19-12(13)2/h5-8,10,16H,4,9,11H2,1-3H3. The monoisotopic (exact) mass is 259 g/mol. The Kier molecular flexibility index (Phi) is 4.58. The van der Waals surface area contributed by atoms with Crippen LogP contribution < -0.4 is 10.2 Å². The molecule has 0 saturated heterocycles. The number of rotatable bonds is 6. The normalized spacial score (nSPS) is 10.7. The summed E-state index contributed by atoms with van der Waals surface area (Å²) in [6, 6.07) is 4.08. The van der Waals surface area contributed by atoms with Gasteiger partial charge in [-0.05, 0) is 25.6 Å². The fraction of sp³-hybridized carbons (Fsp3) is 0.400. The molecule has 0 aliphatic heterocycles. The third kappa shape index (κ3) is 3.35.